The molecule has 1 heterocycles. The fourth-order valence-corrected chi connectivity index (χ4v) is 3.75. The van der Waals surface area contributed by atoms with Gasteiger partial charge in [-0.2, -0.15) is 17.5 Å². The number of nitrogens with one attached hydrogen (secondary N) is 1. The Kier molecular flexibility index (Phi) is 4.76. The average Bonchev–Trinajstić information content (AvgIpc) is 2.47. The quantitative estimate of drug-likeness (QED) is 0.921. The third-order valence-electron chi connectivity index (χ3n) is 3.30. The van der Waals surface area contributed by atoms with Crippen LogP contribution in [0.1, 0.15) is 19.3 Å². The lowest BCUT2D eigenvalue weighted by Crippen LogP contribution is -2.35. The Morgan fingerprint density at radius 3 is 2.36 bits per heavy atom. The topological polar surface area (TPSA) is 66.5 Å². The maximum absolute atomic E-state index is 12.4. The fourth-order valence-electron chi connectivity index (χ4n) is 2.19. The van der Waals surface area contributed by atoms with Gasteiger partial charge in [-0.05, 0) is 31.0 Å². The van der Waals surface area contributed by atoms with Crippen LogP contribution < -0.4 is 5.32 Å². The predicted octanol–water partition coefficient (Wildman–Crippen LogP) is 2.36. The summed E-state index contributed by atoms with van der Waals surface area (Å²) in [6.45, 7) is 0.781. The minimum Gasteiger partial charge on any atom is -0.318 e. The number of nitrogens with zero attached hydrogens (tertiary/aromatic N) is 1. The molecule has 1 aliphatic rings. The average molecular weight is 336 g/mol. The molecule has 9 heteroatoms. The Morgan fingerprint density at radius 1 is 1.14 bits per heavy atom. The molecule has 2 rings (SSSR count). The van der Waals surface area contributed by atoms with Crippen molar-refractivity contribution in [2.75, 3.05) is 18.4 Å². The van der Waals surface area contributed by atoms with Crippen LogP contribution in [-0.2, 0) is 14.8 Å². The van der Waals surface area contributed by atoms with Crippen LogP contribution in [0.4, 0.5) is 18.9 Å². The molecule has 0 spiro atoms. The van der Waals surface area contributed by atoms with E-state index in [1.165, 1.54) is 22.5 Å². The van der Waals surface area contributed by atoms with Gasteiger partial charge in [-0.1, -0.05) is 12.5 Å². The monoisotopic (exact) mass is 336 g/mol. The summed E-state index contributed by atoms with van der Waals surface area (Å²) in [5, 5.41) is 1.65. The number of carbonyl (C=O) groups excluding carboxylic acids is 1. The number of alkyl halides is 3. The first-order valence-electron chi connectivity index (χ1n) is 6.69. The third-order valence-corrected chi connectivity index (χ3v) is 5.20. The molecule has 0 aliphatic carbocycles. The highest BCUT2D eigenvalue weighted by Crippen LogP contribution is 2.24. The summed E-state index contributed by atoms with van der Waals surface area (Å²) in [4.78, 5) is 10.8. The normalized spacial score (nSPS) is 17.2. The summed E-state index contributed by atoms with van der Waals surface area (Å²) < 4.78 is 62.8. The number of carbonyl (C=O) groups is 1. The number of amides is 1. The molecule has 0 atom stereocenters. The second-order valence-corrected chi connectivity index (χ2v) is 6.88. The minimum atomic E-state index is -5.03. The van der Waals surface area contributed by atoms with Crippen LogP contribution in [0.2, 0.25) is 0 Å². The van der Waals surface area contributed by atoms with Gasteiger partial charge in [0.15, 0.2) is 0 Å². The fraction of sp³-hybridized carbons (Fsp3) is 0.462. The molecule has 1 aliphatic heterocycles. The molecule has 22 heavy (non-hydrogen) atoms. The summed E-state index contributed by atoms with van der Waals surface area (Å²) >= 11 is 0. The number of piperidine rings is 1. The Labute approximate surface area is 126 Å². The molecule has 1 aromatic carbocycles. The van der Waals surface area contributed by atoms with Gasteiger partial charge in [-0.25, -0.2) is 8.42 Å². The highest BCUT2D eigenvalue weighted by atomic mass is 32.2. The van der Waals surface area contributed by atoms with Crippen LogP contribution in [0.5, 0.6) is 0 Å². The van der Waals surface area contributed by atoms with Crippen molar-refractivity contribution in [1.82, 2.24) is 4.31 Å². The van der Waals surface area contributed by atoms with Crippen LogP contribution in [0.15, 0.2) is 29.2 Å². The molecular weight excluding hydrogens is 321 g/mol. The van der Waals surface area contributed by atoms with Gasteiger partial charge in [-0.15, -0.1) is 0 Å². The van der Waals surface area contributed by atoms with Crippen LogP contribution in [0.25, 0.3) is 0 Å². The van der Waals surface area contributed by atoms with Gasteiger partial charge in [-0.3, -0.25) is 4.79 Å². The van der Waals surface area contributed by atoms with Gasteiger partial charge >= 0.3 is 12.1 Å². The van der Waals surface area contributed by atoms with E-state index in [4.69, 9.17) is 0 Å². The van der Waals surface area contributed by atoms with Gasteiger partial charge in [0.05, 0.1) is 4.90 Å². The van der Waals surface area contributed by atoms with Crippen molar-refractivity contribution in [2.24, 2.45) is 0 Å². The van der Waals surface area contributed by atoms with E-state index in [-0.39, 0.29) is 10.6 Å². The first-order chi connectivity index (χ1) is 10.2. The Balaban J connectivity index is 2.22. The number of halogens is 3. The summed E-state index contributed by atoms with van der Waals surface area (Å²) in [5.41, 5.74) is -0.208. The van der Waals surface area contributed by atoms with E-state index in [0.29, 0.717) is 13.1 Å². The first-order valence-corrected chi connectivity index (χ1v) is 8.13. The third kappa shape index (κ3) is 3.77. The van der Waals surface area contributed by atoms with Crippen molar-refractivity contribution in [1.29, 1.82) is 0 Å². The summed E-state index contributed by atoms with van der Waals surface area (Å²) in [6, 6.07) is 4.84. The standard InChI is InChI=1S/C13H15F3N2O3S/c14-13(15,16)12(19)17-10-5-4-6-11(9-10)22(20,21)18-7-2-1-3-8-18/h4-6,9H,1-3,7-8H2,(H,17,19). The Hall–Kier alpha value is -1.61. The molecule has 1 N–H and O–H groups in total. The lowest BCUT2D eigenvalue weighted by Gasteiger charge is -2.26. The van der Waals surface area contributed by atoms with Crippen molar-refractivity contribution in [3.8, 4) is 0 Å². The molecule has 0 unspecified atom stereocenters. The number of sulfonamides is 1. The summed E-state index contributed by atoms with van der Waals surface area (Å²) in [7, 11) is -3.76. The van der Waals surface area contributed by atoms with E-state index in [0.717, 1.165) is 25.3 Å². The van der Waals surface area contributed by atoms with Crippen LogP contribution in [0, 0.1) is 0 Å². The summed E-state index contributed by atoms with van der Waals surface area (Å²) in [6.07, 6.45) is -2.57. The lowest BCUT2D eigenvalue weighted by molar-refractivity contribution is -0.167. The Morgan fingerprint density at radius 2 is 1.77 bits per heavy atom. The molecule has 1 aromatic rings. The SMILES string of the molecule is O=C(Nc1cccc(S(=O)(=O)N2CCCCC2)c1)C(F)(F)F. The number of hydrogen-bond acceptors (Lipinski definition) is 3. The molecule has 0 bridgehead atoms. The zero-order valence-corrected chi connectivity index (χ0v) is 12.4. The zero-order valence-electron chi connectivity index (χ0n) is 11.6. The van der Waals surface area contributed by atoms with Crippen LogP contribution >= 0.6 is 0 Å². The number of hydrogen-bond donors (Lipinski definition) is 1. The van der Waals surface area contributed by atoms with Crippen molar-refractivity contribution < 1.29 is 26.4 Å². The predicted molar refractivity (Wildman–Crippen MR) is 73.7 cm³/mol. The lowest BCUT2D eigenvalue weighted by atomic mass is 10.2. The van der Waals surface area contributed by atoms with E-state index in [9.17, 15) is 26.4 Å². The molecule has 0 aromatic heterocycles. The zero-order chi connectivity index (χ0) is 16.4. The van der Waals surface area contributed by atoms with Gasteiger partial charge in [0.2, 0.25) is 10.0 Å². The summed E-state index contributed by atoms with van der Waals surface area (Å²) in [5.74, 6) is -2.14. The molecule has 1 saturated heterocycles. The molecular formula is C13H15F3N2O3S. The van der Waals surface area contributed by atoms with Gasteiger partial charge in [0.25, 0.3) is 0 Å². The van der Waals surface area contributed by atoms with Crippen LogP contribution in [-0.4, -0.2) is 37.9 Å². The molecule has 1 amide bonds. The molecule has 5 nitrogen and oxygen atoms in total. The molecule has 0 radical (unpaired) electrons. The van der Waals surface area contributed by atoms with Crippen LogP contribution in [0.3, 0.4) is 0 Å². The number of rotatable bonds is 3. The van der Waals surface area contributed by atoms with Gasteiger partial charge in [0.1, 0.15) is 0 Å². The maximum Gasteiger partial charge on any atom is 0.471 e. The molecule has 0 saturated carbocycles. The smallest absolute Gasteiger partial charge is 0.318 e. The van der Waals surface area contributed by atoms with E-state index >= 15 is 0 Å². The minimum absolute atomic E-state index is 0.130. The second kappa shape index (κ2) is 6.25. The van der Waals surface area contributed by atoms with E-state index in [2.05, 4.69) is 0 Å². The van der Waals surface area contributed by atoms with Crippen molar-refractivity contribution >= 4 is 21.6 Å². The van der Waals surface area contributed by atoms with Crippen molar-refractivity contribution in [2.45, 2.75) is 30.3 Å². The van der Waals surface area contributed by atoms with E-state index in [1.54, 1.807) is 5.32 Å². The van der Waals surface area contributed by atoms with Gasteiger partial charge in [0, 0.05) is 18.8 Å². The van der Waals surface area contributed by atoms with Crippen molar-refractivity contribution in [3.05, 3.63) is 24.3 Å². The second-order valence-electron chi connectivity index (χ2n) is 4.94. The Bertz CT molecular complexity index is 653. The maximum atomic E-state index is 12.4. The highest BCUT2D eigenvalue weighted by molar-refractivity contribution is 7.89. The highest BCUT2D eigenvalue weighted by Gasteiger charge is 2.38. The van der Waals surface area contributed by atoms with E-state index < -0.39 is 22.1 Å². The first kappa shape index (κ1) is 16.8. The van der Waals surface area contributed by atoms with E-state index in [1.807, 2.05) is 0 Å². The largest absolute Gasteiger partial charge is 0.471 e. The molecule has 122 valence electrons. The van der Waals surface area contributed by atoms with Gasteiger partial charge < -0.3 is 5.32 Å². The molecule has 1 fully saturated rings. The number of anilines is 1. The van der Waals surface area contributed by atoms with Crippen molar-refractivity contribution in [3.63, 3.8) is 0 Å². The number of benzene rings is 1.